The number of nitrogens with two attached hydrogens (primary N) is 1. The number of phenols is 1. The highest BCUT2D eigenvalue weighted by molar-refractivity contribution is 5.75. The van der Waals surface area contributed by atoms with E-state index in [1.165, 1.54) is 26.4 Å². The molecule has 4 N–H and O–H groups in total. The number of aromatic hydroxyl groups is 2. The maximum Gasteiger partial charge on any atom is 0.227 e. The molecule has 2 aromatic rings. The van der Waals surface area contributed by atoms with Crippen molar-refractivity contribution in [3.63, 3.8) is 0 Å². The molecule has 1 amide bonds. The van der Waals surface area contributed by atoms with Gasteiger partial charge in [-0.3, -0.25) is 9.59 Å². The Morgan fingerprint density at radius 2 is 1.72 bits per heavy atom. The predicted octanol–water partition coefficient (Wildman–Crippen LogP) is 1.38. The number of primary amides is 1. The highest BCUT2D eigenvalue weighted by Crippen LogP contribution is 2.42. The van der Waals surface area contributed by atoms with Gasteiger partial charge < -0.3 is 29.8 Å². The molecule has 0 saturated carbocycles. The maximum absolute atomic E-state index is 11.9. The Balaban J connectivity index is 2.71. The van der Waals surface area contributed by atoms with Gasteiger partial charge in [0.2, 0.25) is 22.8 Å². The quantitative estimate of drug-likeness (QED) is 0.717. The third-order valence-electron chi connectivity index (χ3n) is 3.70. The third-order valence-corrected chi connectivity index (χ3v) is 3.70. The summed E-state index contributed by atoms with van der Waals surface area (Å²) < 4.78 is 15.7. The van der Waals surface area contributed by atoms with Crippen molar-refractivity contribution in [2.75, 3.05) is 14.2 Å². The lowest BCUT2D eigenvalue weighted by atomic mass is 9.91. The number of amides is 1. The first-order valence-electron chi connectivity index (χ1n) is 7.35. The molecule has 0 spiro atoms. The highest BCUT2D eigenvalue weighted by Gasteiger charge is 2.27. The monoisotopic (exact) mass is 349 g/mol. The van der Waals surface area contributed by atoms with E-state index >= 15 is 0 Å². The van der Waals surface area contributed by atoms with E-state index in [-0.39, 0.29) is 35.2 Å². The Labute approximate surface area is 143 Å². The summed E-state index contributed by atoms with van der Waals surface area (Å²) in [5.41, 5.74) is 5.09. The molecule has 134 valence electrons. The number of hydrogen-bond acceptors (Lipinski definition) is 7. The van der Waals surface area contributed by atoms with Crippen LogP contribution in [0.4, 0.5) is 0 Å². The summed E-state index contributed by atoms with van der Waals surface area (Å²) in [6, 6.07) is 4.04. The molecule has 0 radical (unpaired) electrons. The van der Waals surface area contributed by atoms with Gasteiger partial charge in [0.1, 0.15) is 5.76 Å². The van der Waals surface area contributed by atoms with E-state index in [0.29, 0.717) is 5.56 Å². The molecule has 1 heterocycles. The van der Waals surface area contributed by atoms with Gasteiger partial charge in [0, 0.05) is 12.5 Å². The van der Waals surface area contributed by atoms with Crippen LogP contribution in [0.15, 0.2) is 27.4 Å². The second kappa shape index (κ2) is 7.16. The van der Waals surface area contributed by atoms with Crippen LogP contribution < -0.4 is 20.6 Å². The Hall–Kier alpha value is -3.16. The Morgan fingerprint density at radius 1 is 1.16 bits per heavy atom. The van der Waals surface area contributed by atoms with E-state index in [0.717, 1.165) is 6.07 Å². The van der Waals surface area contributed by atoms with Gasteiger partial charge in [0.15, 0.2) is 17.3 Å². The summed E-state index contributed by atoms with van der Waals surface area (Å²) in [5, 5.41) is 20.1. The van der Waals surface area contributed by atoms with Gasteiger partial charge in [0.25, 0.3) is 0 Å². The molecule has 0 fully saturated rings. The third kappa shape index (κ3) is 3.68. The average molecular weight is 349 g/mol. The number of carbonyl (C=O) groups excluding carboxylic acids is 1. The lowest BCUT2D eigenvalue weighted by molar-refractivity contribution is -0.118. The van der Waals surface area contributed by atoms with E-state index in [4.69, 9.17) is 19.6 Å². The van der Waals surface area contributed by atoms with Crippen LogP contribution in [0.2, 0.25) is 0 Å². The van der Waals surface area contributed by atoms with Crippen molar-refractivity contribution < 1.29 is 28.9 Å². The average Bonchev–Trinajstić information content (AvgIpc) is 2.56. The summed E-state index contributed by atoms with van der Waals surface area (Å²) in [6.45, 7) is 1.55. The van der Waals surface area contributed by atoms with Crippen molar-refractivity contribution in [2.45, 2.75) is 19.3 Å². The molecule has 2 rings (SSSR count). The molecule has 0 aliphatic carbocycles. The van der Waals surface area contributed by atoms with Gasteiger partial charge in [-0.05, 0) is 24.6 Å². The molecule has 0 saturated heterocycles. The number of rotatable bonds is 6. The van der Waals surface area contributed by atoms with Gasteiger partial charge in [-0.1, -0.05) is 0 Å². The fraction of sp³-hybridized carbons (Fsp3) is 0.294. The van der Waals surface area contributed by atoms with Crippen LogP contribution in [0.5, 0.6) is 23.0 Å². The van der Waals surface area contributed by atoms with Crippen molar-refractivity contribution in [3.05, 3.63) is 45.5 Å². The minimum Gasteiger partial charge on any atom is -0.502 e. The van der Waals surface area contributed by atoms with Crippen LogP contribution in [-0.2, 0) is 4.79 Å². The standard InChI is InChI=1S/C17H19NO7/c1-8-4-11(19)15(21)17(25-8)10(7-14(18)20)9-5-12(23-2)16(22)13(6-9)24-3/h4-6,10,21-22H,7H2,1-3H3,(H2,18,20). The van der Waals surface area contributed by atoms with Gasteiger partial charge in [-0.25, -0.2) is 0 Å². The van der Waals surface area contributed by atoms with Crippen molar-refractivity contribution in [3.8, 4) is 23.0 Å². The summed E-state index contributed by atoms with van der Waals surface area (Å²) in [6.07, 6.45) is -0.239. The molecular formula is C17H19NO7. The SMILES string of the molecule is COc1cc(C(CC(N)=O)c2oc(C)cc(=O)c2O)cc(OC)c1O. The number of benzene rings is 1. The summed E-state index contributed by atoms with van der Waals surface area (Å²) >= 11 is 0. The summed E-state index contributed by atoms with van der Waals surface area (Å²) in [7, 11) is 2.71. The first kappa shape index (κ1) is 18.2. The zero-order chi connectivity index (χ0) is 18.7. The summed E-state index contributed by atoms with van der Waals surface area (Å²) in [5.74, 6) is -2.00. The molecule has 1 atom stereocenters. The molecular weight excluding hydrogens is 330 g/mol. The highest BCUT2D eigenvalue weighted by atomic mass is 16.5. The number of hydrogen-bond donors (Lipinski definition) is 3. The van der Waals surface area contributed by atoms with Crippen LogP contribution in [-0.4, -0.2) is 30.3 Å². The number of methoxy groups -OCH3 is 2. The molecule has 1 aromatic heterocycles. The first-order chi connectivity index (χ1) is 11.8. The van der Waals surface area contributed by atoms with Gasteiger partial charge in [-0.2, -0.15) is 0 Å². The molecule has 8 nitrogen and oxygen atoms in total. The maximum atomic E-state index is 11.9. The molecule has 25 heavy (non-hydrogen) atoms. The minimum atomic E-state index is -0.867. The second-order valence-corrected chi connectivity index (χ2v) is 5.43. The lowest BCUT2D eigenvalue weighted by Gasteiger charge is -2.19. The molecule has 0 aliphatic rings. The largest absolute Gasteiger partial charge is 0.502 e. The minimum absolute atomic E-state index is 0.0957. The fourth-order valence-corrected chi connectivity index (χ4v) is 2.54. The van der Waals surface area contributed by atoms with Crippen molar-refractivity contribution in [1.82, 2.24) is 0 Å². The predicted molar refractivity (Wildman–Crippen MR) is 88.2 cm³/mol. The Morgan fingerprint density at radius 3 is 2.20 bits per heavy atom. The molecule has 1 unspecified atom stereocenters. The van der Waals surface area contributed by atoms with Crippen LogP contribution in [0.1, 0.15) is 29.4 Å². The first-order valence-corrected chi connectivity index (χ1v) is 7.35. The van der Waals surface area contributed by atoms with E-state index in [1.54, 1.807) is 6.92 Å². The molecule has 8 heteroatoms. The van der Waals surface area contributed by atoms with Crippen LogP contribution >= 0.6 is 0 Å². The molecule has 0 aliphatic heterocycles. The van der Waals surface area contributed by atoms with Gasteiger partial charge >= 0.3 is 0 Å². The second-order valence-electron chi connectivity index (χ2n) is 5.43. The number of phenolic OH excluding ortho intramolecular Hbond substituents is 1. The van der Waals surface area contributed by atoms with Gasteiger partial charge in [-0.15, -0.1) is 0 Å². The zero-order valence-corrected chi connectivity index (χ0v) is 14.0. The lowest BCUT2D eigenvalue weighted by Crippen LogP contribution is -2.18. The molecule has 0 bridgehead atoms. The van der Waals surface area contributed by atoms with Crippen LogP contribution in [0.3, 0.4) is 0 Å². The van der Waals surface area contributed by atoms with E-state index in [2.05, 4.69) is 0 Å². The van der Waals surface area contributed by atoms with Crippen LogP contribution in [0, 0.1) is 6.92 Å². The van der Waals surface area contributed by atoms with Gasteiger partial charge in [0.05, 0.1) is 20.1 Å². The number of ether oxygens (including phenoxy) is 2. The Kier molecular flexibility index (Phi) is 5.21. The zero-order valence-electron chi connectivity index (χ0n) is 14.0. The van der Waals surface area contributed by atoms with E-state index in [9.17, 15) is 19.8 Å². The van der Waals surface area contributed by atoms with Crippen LogP contribution in [0.25, 0.3) is 0 Å². The Bertz CT molecular complexity index is 832. The normalized spacial score (nSPS) is 11.8. The molecule has 1 aromatic carbocycles. The van der Waals surface area contributed by atoms with E-state index < -0.39 is 23.0 Å². The fourth-order valence-electron chi connectivity index (χ4n) is 2.54. The smallest absolute Gasteiger partial charge is 0.227 e. The number of carbonyl (C=O) groups is 1. The number of aryl methyl sites for hydroxylation is 1. The summed E-state index contributed by atoms with van der Waals surface area (Å²) in [4.78, 5) is 23.4. The van der Waals surface area contributed by atoms with Crippen molar-refractivity contribution in [2.24, 2.45) is 5.73 Å². The van der Waals surface area contributed by atoms with Crippen molar-refractivity contribution >= 4 is 5.91 Å². The van der Waals surface area contributed by atoms with E-state index in [1.807, 2.05) is 0 Å². The van der Waals surface area contributed by atoms with Crippen molar-refractivity contribution in [1.29, 1.82) is 0 Å². The topological polar surface area (TPSA) is 132 Å².